The van der Waals surface area contributed by atoms with E-state index in [4.69, 9.17) is 4.74 Å². The number of nitrogens with zero attached hydrogens (tertiary/aromatic N) is 1. The molecule has 2 aromatic carbocycles. The van der Waals surface area contributed by atoms with Crippen LogP contribution in [0.4, 0.5) is 23.2 Å². The third kappa shape index (κ3) is 4.83. The molecule has 0 aliphatic carbocycles. The number of aromatic nitrogens is 1. The fraction of sp³-hybridized carbons (Fsp3) is 0.304. The first-order chi connectivity index (χ1) is 15.1. The van der Waals surface area contributed by atoms with Gasteiger partial charge in [0, 0.05) is 23.7 Å². The number of alkyl halides is 3. The number of ether oxygens (including phenoxy) is 1. The number of aromatic amines is 1. The molecule has 1 aromatic heterocycles. The average Bonchev–Trinajstić information content (AvgIpc) is 2.74. The number of aliphatic imine (C=N–C) groups is 1. The Morgan fingerprint density at radius 2 is 1.91 bits per heavy atom. The van der Waals surface area contributed by atoms with Gasteiger partial charge >= 0.3 is 6.18 Å². The van der Waals surface area contributed by atoms with Gasteiger partial charge in [-0.2, -0.15) is 13.2 Å². The Morgan fingerprint density at radius 1 is 1.19 bits per heavy atom. The average molecular weight is 450 g/mol. The molecule has 0 bridgehead atoms. The highest BCUT2D eigenvalue weighted by molar-refractivity contribution is 5.92. The summed E-state index contributed by atoms with van der Waals surface area (Å²) in [6.07, 6.45) is -5.05. The van der Waals surface area contributed by atoms with E-state index >= 15 is 0 Å². The molecule has 0 fully saturated rings. The second kappa shape index (κ2) is 9.12. The van der Waals surface area contributed by atoms with Crippen LogP contribution in [-0.2, 0) is 0 Å². The minimum Gasteiger partial charge on any atom is -0.496 e. The molecule has 3 aromatic rings. The van der Waals surface area contributed by atoms with Gasteiger partial charge in [0.15, 0.2) is 5.60 Å². The van der Waals surface area contributed by atoms with Gasteiger partial charge in [0.1, 0.15) is 11.6 Å². The van der Waals surface area contributed by atoms with Gasteiger partial charge < -0.3 is 14.8 Å². The predicted molar refractivity (Wildman–Crippen MR) is 114 cm³/mol. The molecular formula is C23H22F4N2O3. The lowest BCUT2D eigenvalue weighted by Gasteiger charge is -2.31. The second-order valence-electron chi connectivity index (χ2n) is 7.44. The number of halogens is 4. The molecule has 0 spiro atoms. The highest BCUT2D eigenvalue weighted by atomic mass is 19.4. The number of aliphatic hydroxyl groups is 1. The highest BCUT2D eigenvalue weighted by Gasteiger charge is 2.53. The number of rotatable bonds is 7. The van der Waals surface area contributed by atoms with E-state index in [1.165, 1.54) is 13.2 Å². The number of para-hydroxylation sites is 1. The second-order valence-corrected chi connectivity index (χ2v) is 7.44. The minimum absolute atomic E-state index is 0.0839. The fourth-order valence-corrected chi connectivity index (χ4v) is 3.59. The van der Waals surface area contributed by atoms with Gasteiger partial charge in [-0.25, -0.2) is 4.39 Å². The summed E-state index contributed by atoms with van der Waals surface area (Å²) in [5, 5.41) is 10.9. The Balaban J connectivity index is 2.04. The molecule has 0 aliphatic rings. The first-order valence-electron chi connectivity index (χ1n) is 9.88. The Kier molecular flexibility index (Phi) is 6.68. The molecule has 1 heterocycles. The number of hydrogen-bond acceptors (Lipinski definition) is 4. The van der Waals surface area contributed by atoms with Crippen molar-refractivity contribution in [2.45, 2.75) is 37.5 Å². The van der Waals surface area contributed by atoms with Crippen LogP contribution in [0.25, 0.3) is 10.9 Å². The van der Waals surface area contributed by atoms with Crippen LogP contribution in [0.2, 0.25) is 0 Å². The molecule has 170 valence electrons. The first-order valence-corrected chi connectivity index (χ1v) is 9.88. The van der Waals surface area contributed by atoms with Crippen molar-refractivity contribution in [2.24, 2.45) is 4.99 Å². The molecule has 0 amide bonds. The van der Waals surface area contributed by atoms with Gasteiger partial charge in [-0.1, -0.05) is 25.1 Å². The summed E-state index contributed by atoms with van der Waals surface area (Å²) in [4.78, 5) is 17.7. The van der Waals surface area contributed by atoms with Crippen LogP contribution in [0.3, 0.4) is 0 Å². The van der Waals surface area contributed by atoms with E-state index in [9.17, 15) is 27.5 Å². The normalized spacial score (nSPS) is 15.1. The van der Waals surface area contributed by atoms with E-state index in [1.807, 2.05) is 0 Å². The van der Waals surface area contributed by atoms with E-state index < -0.39 is 35.5 Å². The van der Waals surface area contributed by atoms with E-state index in [0.717, 1.165) is 18.2 Å². The molecule has 3 rings (SSSR count). The topological polar surface area (TPSA) is 74.7 Å². The maximum absolute atomic E-state index is 14.0. The van der Waals surface area contributed by atoms with Crippen LogP contribution in [-0.4, -0.2) is 35.2 Å². The Bertz CT molecular complexity index is 1190. The Labute approximate surface area is 181 Å². The zero-order valence-corrected chi connectivity index (χ0v) is 17.4. The molecule has 0 radical (unpaired) electrons. The van der Waals surface area contributed by atoms with Gasteiger partial charge in [0.2, 0.25) is 5.56 Å². The van der Waals surface area contributed by atoms with Crippen molar-refractivity contribution in [2.75, 3.05) is 7.11 Å². The molecule has 2 unspecified atom stereocenters. The van der Waals surface area contributed by atoms with Crippen molar-refractivity contribution < 1.29 is 27.4 Å². The van der Waals surface area contributed by atoms with E-state index in [-0.39, 0.29) is 16.6 Å². The number of fused-ring (bicyclic) bond motifs is 1. The van der Waals surface area contributed by atoms with E-state index in [0.29, 0.717) is 23.9 Å². The number of hydrogen-bond donors (Lipinski definition) is 2. The van der Waals surface area contributed by atoms with Crippen molar-refractivity contribution in [3.63, 3.8) is 0 Å². The van der Waals surface area contributed by atoms with Gasteiger partial charge in [-0.3, -0.25) is 9.79 Å². The molecule has 5 nitrogen and oxygen atoms in total. The Morgan fingerprint density at radius 3 is 2.56 bits per heavy atom. The van der Waals surface area contributed by atoms with Crippen molar-refractivity contribution in [3.8, 4) is 5.75 Å². The lowest BCUT2D eigenvalue weighted by atomic mass is 9.84. The summed E-state index contributed by atoms with van der Waals surface area (Å²) < 4.78 is 61.1. The number of H-pyrrole nitrogens is 1. The van der Waals surface area contributed by atoms with Crippen LogP contribution in [0.15, 0.2) is 58.3 Å². The van der Waals surface area contributed by atoms with Crippen molar-refractivity contribution in [1.82, 2.24) is 4.98 Å². The van der Waals surface area contributed by atoms with Crippen molar-refractivity contribution in [3.05, 3.63) is 70.3 Å². The van der Waals surface area contributed by atoms with Gasteiger partial charge in [-0.15, -0.1) is 0 Å². The van der Waals surface area contributed by atoms with Crippen molar-refractivity contribution >= 4 is 22.8 Å². The lowest BCUT2D eigenvalue weighted by Crippen LogP contribution is -2.47. The van der Waals surface area contributed by atoms with Gasteiger partial charge in [0.05, 0.1) is 18.3 Å². The van der Waals surface area contributed by atoms with Crippen LogP contribution in [0.1, 0.15) is 31.2 Å². The summed E-state index contributed by atoms with van der Waals surface area (Å²) in [7, 11) is 1.42. The summed E-state index contributed by atoms with van der Waals surface area (Å²) >= 11 is 0. The lowest BCUT2D eigenvalue weighted by molar-refractivity contribution is -0.232. The standard InChI is InChI=1S/C23H22F4N2O3/c1-3-14(16-6-4-5-7-20(16)32-2)12-22(31,23(25,26)27)13-28-18-10-15(24)11-19-17(18)8-9-21(30)29-19/h4-11,13-14,31H,3,12H2,1-2H3,(H,29,30)/b28-13+. The molecule has 0 aliphatic heterocycles. The maximum atomic E-state index is 14.0. The summed E-state index contributed by atoms with van der Waals surface area (Å²) in [5.41, 5.74) is -3.31. The third-order valence-electron chi connectivity index (χ3n) is 5.32. The highest BCUT2D eigenvalue weighted by Crippen LogP contribution is 2.41. The molecule has 9 heteroatoms. The van der Waals surface area contributed by atoms with Crippen molar-refractivity contribution in [1.29, 1.82) is 0 Å². The summed E-state index contributed by atoms with van der Waals surface area (Å²) in [5.74, 6) is -1.06. The fourth-order valence-electron chi connectivity index (χ4n) is 3.59. The van der Waals surface area contributed by atoms with Gasteiger partial charge in [0.25, 0.3) is 0 Å². The van der Waals surface area contributed by atoms with E-state index in [1.54, 1.807) is 31.2 Å². The largest absolute Gasteiger partial charge is 0.496 e. The zero-order valence-electron chi connectivity index (χ0n) is 17.4. The molecular weight excluding hydrogens is 428 g/mol. The minimum atomic E-state index is -5.04. The van der Waals surface area contributed by atoms with Gasteiger partial charge in [-0.05, 0) is 42.5 Å². The number of nitrogens with one attached hydrogen (secondary N) is 1. The summed E-state index contributed by atoms with van der Waals surface area (Å²) in [6, 6.07) is 11.1. The number of methoxy groups -OCH3 is 1. The van der Waals surface area contributed by atoms with Crippen LogP contribution in [0, 0.1) is 5.82 Å². The Hall–Kier alpha value is -3.20. The quantitative estimate of drug-likeness (QED) is 0.381. The van der Waals surface area contributed by atoms with E-state index in [2.05, 4.69) is 9.98 Å². The maximum Gasteiger partial charge on any atom is 0.422 e. The monoisotopic (exact) mass is 450 g/mol. The third-order valence-corrected chi connectivity index (χ3v) is 5.32. The molecule has 2 atom stereocenters. The summed E-state index contributed by atoms with van der Waals surface area (Å²) in [6.45, 7) is 1.71. The van der Waals surface area contributed by atoms with Crippen LogP contribution >= 0.6 is 0 Å². The first kappa shape index (κ1) is 23.5. The number of benzene rings is 2. The smallest absolute Gasteiger partial charge is 0.422 e. The van der Waals surface area contributed by atoms with Crippen LogP contribution < -0.4 is 10.3 Å². The molecule has 2 N–H and O–H groups in total. The molecule has 0 saturated heterocycles. The van der Waals surface area contributed by atoms with Crippen LogP contribution in [0.5, 0.6) is 5.75 Å². The predicted octanol–water partition coefficient (Wildman–Crippen LogP) is 5.26. The SMILES string of the molecule is CCC(CC(O)(/C=N/c1cc(F)cc2[nH]c(=O)ccc12)C(F)(F)F)c1ccccc1OC. The zero-order chi connectivity index (χ0) is 23.5. The number of pyridine rings is 1. The molecule has 32 heavy (non-hydrogen) atoms. The molecule has 0 saturated carbocycles.